The molecule has 1 fully saturated rings. The van der Waals surface area contributed by atoms with E-state index in [1.54, 1.807) is 0 Å². The normalized spacial score (nSPS) is 31.6. The Morgan fingerprint density at radius 2 is 1.73 bits per heavy atom. The van der Waals surface area contributed by atoms with Gasteiger partial charge in [0.1, 0.15) is 5.66 Å². The molecule has 0 saturated carbocycles. The van der Waals surface area contributed by atoms with E-state index in [1.165, 1.54) is 0 Å². The molecule has 11 heavy (non-hydrogen) atoms. The standard InChI is InChI=1S/C7H15O2P.Y/c1-6(2)10-8-4-7(3)5-9-10;/h6-7H,4-5H2,1-3H3;/p+1. The first-order chi connectivity index (χ1) is 4.70. The molecule has 0 amide bonds. The first-order valence-corrected chi connectivity index (χ1v) is 5.22. The molecule has 0 aromatic heterocycles. The van der Waals surface area contributed by atoms with Gasteiger partial charge in [-0.25, -0.2) is 9.05 Å². The molecule has 0 aromatic carbocycles. The average Bonchev–Trinajstić information content (AvgIpc) is 1.88. The van der Waals surface area contributed by atoms with Gasteiger partial charge in [0.15, 0.2) is 0 Å². The summed E-state index contributed by atoms with van der Waals surface area (Å²) in [6.07, 6.45) is 0. The first-order valence-electron chi connectivity index (χ1n) is 3.82. The van der Waals surface area contributed by atoms with E-state index >= 15 is 0 Å². The van der Waals surface area contributed by atoms with E-state index in [2.05, 4.69) is 20.8 Å². The van der Waals surface area contributed by atoms with Crippen molar-refractivity contribution >= 4 is 8.38 Å². The second-order valence-corrected chi connectivity index (χ2v) is 5.57. The molecule has 0 bridgehead atoms. The summed E-state index contributed by atoms with van der Waals surface area (Å²) in [6, 6.07) is 0. The van der Waals surface area contributed by atoms with E-state index in [4.69, 9.17) is 9.05 Å². The summed E-state index contributed by atoms with van der Waals surface area (Å²) >= 11 is 0. The van der Waals surface area contributed by atoms with Crippen molar-refractivity contribution in [2.45, 2.75) is 26.4 Å². The molecule has 63 valence electrons. The Bertz CT molecular complexity index is 103. The summed E-state index contributed by atoms with van der Waals surface area (Å²) in [5.41, 5.74) is 0.581. The number of hydrogen-bond acceptors (Lipinski definition) is 2. The van der Waals surface area contributed by atoms with Crippen LogP contribution in [-0.2, 0) is 41.8 Å². The Morgan fingerprint density at radius 3 is 2.09 bits per heavy atom. The van der Waals surface area contributed by atoms with E-state index in [1.807, 2.05) is 0 Å². The molecule has 2 nitrogen and oxygen atoms in total. The van der Waals surface area contributed by atoms with Gasteiger partial charge in [-0.2, -0.15) is 0 Å². The van der Waals surface area contributed by atoms with Crippen LogP contribution in [0.25, 0.3) is 0 Å². The summed E-state index contributed by atoms with van der Waals surface area (Å²) in [7, 11) is -0.898. The Morgan fingerprint density at radius 1 is 1.27 bits per heavy atom. The zero-order valence-corrected chi connectivity index (χ0v) is 11.3. The summed E-state index contributed by atoms with van der Waals surface area (Å²) < 4.78 is 11.1. The van der Waals surface area contributed by atoms with Crippen LogP contribution in [-0.4, -0.2) is 18.9 Å². The molecule has 4 heteroatoms. The predicted octanol–water partition coefficient (Wildman–Crippen LogP) is 2.12. The van der Waals surface area contributed by atoms with Crippen molar-refractivity contribution in [2.75, 3.05) is 13.2 Å². The quantitative estimate of drug-likeness (QED) is 0.665. The van der Waals surface area contributed by atoms with Crippen molar-refractivity contribution in [3.63, 3.8) is 0 Å². The van der Waals surface area contributed by atoms with Gasteiger partial charge in [-0.15, -0.1) is 0 Å². The number of rotatable bonds is 1. The van der Waals surface area contributed by atoms with Crippen LogP contribution in [0.2, 0.25) is 0 Å². The van der Waals surface area contributed by atoms with E-state index in [9.17, 15) is 0 Å². The van der Waals surface area contributed by atoms with Crippen LogP contribution in [0.3, 0.4) is 0 Å². The van der Waals surface area contributed by atoms with Crippen molar-refractivity contribution in [1.82, 2.24) is 0 Å². The topological polar surface area (TPSA) is 18.5 Å². The molecule has 1 aliphatic rings. The van der Waals surface area contributed by atoms with Gasteiger partial charge in [0.05, 0.1) is 13.2 Å². The molecule has 0 N–H and O–H groups in total. The second-order valence-electron chi connectivity index (χ2n) is 3.20. The summed E-state index contributed by atoms with van der Waals surface area (Å²) in [5, 5.41) is 0. The fourth-order valence-electron chi connectivity index (χ4n) is 0.872. The van der Waals surface area contributed by atoms with Gasteiger partial charge in [-0.1, -0.05) is 6.92 Å². The molecular weight excluding hydrogens is 236 g/mol. The van der Waals surface area contributed by atoms with Crippen LogP contribution in [0.15, 0.2) is 0 Å². The summed E-state index contributed by atoms with van der Waals surface area (Å²) in [6.45, 7) is 8.26. The minimum absolute atomic E-state index is 0. The first kappa shape index (κ1) is 12.5. The molecule has 1 heterocycles. The van der Waals surface area contributed by atoms with Crippen LogP contribution < -0.4 is 0 Å². The second kappa shape index (κ2) is 5.99. The van der Waals surface area contributed by atoms with Gasteiger partial charge in [0.25, 0.3) is 8.38 Å². The van der Waals surface area contributed by atoms with Crippen molar-refractivity contribution in [3.05, 3.63) is 0 Å². The summed E-state index contributed by atoms with van der Waals surface area (Å²) in [5.74, 6) is 0.590. The molecule has 1 aliphatic heterocycles. The molecule has 0 aliphatic carbocycles. The molecule has 0 spiro atoms. The maximum Gasteiger partial charge on any atom is 0.265 e. The minimum atomic E-state index is -0.898. The van der Waals surface area contributed by atoms with Crippen LogP contribution in [0, 0.1) is 5.92 Å². The molecular formula is C7H16O2PY+. The van der Waals surface area contributed by atoms with Gasteiger partial charge in [-0.05, 0) is 13.8 Å². The average molecular weight is 252 g/mol. The molecule has 1 saturated heterocycles. The zero-order valence-electron chi connectivity index (χ0n) is 7.46. The van der Waals surface area contributed by atoms with E-state index in [0.29, 0.717) is 11.6 Å². The van der Waals surface area contributed by atoms with Gasteiger partial charge in [0, 0.05) is 38.6 Å². The number of hydrogen-bond donors (Lipinski definition) is 0. The fraction of sp³-hybridized carbons (Fsp3) is 1.00. The smallest absolute Gasteiger partial charge is 0.208 e. The fourth-order valence-corrected chi connectivity index (χ4v) is 2.52. The zero-order chi connectivity index (χ0) is 7.56. The Balaban J connectivity index is 0.000001000. The van der Waals surface area contributed by atoms with E-state index < -0.39 is 8.38 Å². The van der Waals surface area contributed by atoms with Crippen LogP contribution >= 0.6 is 8.38 Å². The molecule has 0 unspecified atom stereocenters. The monoisotopic (exact) mass is 252 g/mol. The Labute approximate surface area is 95.2 Å². The van der Waals surface area contributed by atoms with Gasteiger partial charge in [-0.3, -0.25) is 0 Å². The largest absolute Gasteiger partial charge is 0.265 e. The van der Waals surface area contributed by atoms with Crippen LogP contribution in [0.4, 0.5) is 0 Å². The Hall–Kier alpha value is 1.45. The van der Waals surface area contributed by atoms with E-state index in [0.717, 1.165) is 13.2 Å². The van der Waals surface area contributed by atoms with Crippen molar-refractivity contribution in [2.24, 2.45) is 5.92 Å². The van der Waals surface area contributed by atoms with Gasteiger partial charge >= 0.3 is 0 Å². The van der Waals surface area contributed by atoms with Gasteiger partial charge in [0.2, 0.25) is 0 Å². The minimum Gasteiger partial charge on any atom is -0.208 e. The third-order valence-corrected chi connectivity index (χ3v) is 3.34. The third kappa shape index (κ3) is 4.29. The predicted molar refractivity (Wildman–Crippen MR) is 44.5 cm³/mol. The molecule has 0 aromatic rings. The SMILES string of the molecule is CC1CO[PH+](C(C)C)OC1.[Y]. The maximum atomic E-state index is 5.53. The molecule has 0 atom stereocenters. The molecule has 1 rings (SSSR count). The van der Waals surface area contributed by atoms with Crippen molar-refractivity contribution in [1.29, 1.82) is 0 Å². The van der Waals surface area contributed by atoms with E-state index in [-0.39, 0.29) is 32.7 Å². The molecule has 1 radical (unpaired) electrons. The maximum absolute atomic E-state index is 5.53. The van der Waals surface area contributed by atoms with Gasteiger partial charge < -0.3 is 0 Å². The van der Waals surface area contributed by atoms with Crippen LogP contribution in [0.5, 0.6) is 0 Å². The Kier molecular flexibility index (Phi) is 6.78. The van der Waals surface area contributed by atoms with Crippen molar-refractivity contribution < 1.29 is 41.8 Å². The summed E-state index contributed by atoms with van der Waals surface area (Å²) in [4.78, 5) is 0. The van der Waals surface area contributed by atoms with Crippen LogP contribution in [0.1, 0.15) is 20.8 Å². The van der Waals surface area contributed by atoms with Crippen molar-refractivity contribution in [3.8, 4) is 0 Å². The third-order valence-electron chi connectivity index (χ3n) is 1.49.